The third kappa shape index (κ3) is 2.93. The van der Waals surface area contributed by atoms with Crippen molar-refractivity contribution in [3.05, 3.63) is 18.0 Å². The molecule has 0 radical (unpaired) electrons. The van der Waals surface area contributed by atoms with Crippen LogP contribution in [0.5, 0.6) is 0 Å². The van der Waals surface area contributed by atoms with Crippen molar-refractivity contribution in [3.8, 4) is 0 Å². The quantitative estimate of drug-likeness (QED) is 0.891. The predicted octanol–water partition coefficient (Wildman–Crippen LogP) is 1.93. The van der Waals surface area contributed by atoms with Gasteiger partial charge in [0.15, 0.2) is 0 Å². The van der Waals surface area contributed by atoms with Crippen LogP contribution in [0.2, 0.25) is 0 Å². The smallest absolute Gasteiger partial charge is 0.0538 e. The second-order valence-electron chi connectivity index (χ2n) is 6.45. The highest BCUT2D eigenvalue weighted by molar-refractivity contribution is 5.13. The summed E-state index contributed by atoms with van der Waals surface area (Å²) < 4.78 is 1.86. The number of likely N-dealkylation sites (tertiary alicyclic amines) is 1. The Morgan fingerprint density at radius 3 is 2.39 bits per heavy atom. The topological polar surface area (TPSA) is 47.1 Å². The summed E-state index contributed by atoms with van der Waals surface area (Å²) in [5.74, 6) is 0. The van der Waals surface area contributed by atoms with Crippen molar-refractivity contribution in [2.45, 2.75) is 45.7 Å². The van der Waals surface area contributed by atoms with Gasteiger partial charge in [-0.15, -0.1) is 0 Å². The third-order valence-corrected chi connectivity index (χ3v) is 4.11. The van der Waals surface area contributed by atoms with Crippen LogP contribution >= 0.6 is 0 Å². The van der Waals surface area contributed by atoms with Crippen LogP contribution < -0.4 is 5.73 Å². The molecule has 4 heteroatoms. The standard InChI is InChI=1S/C14H26N4/c1-11(15)13(12-9-16-17(4)10-12)18-7-5-14(2,3)6-8-18/h9-11,13H,5-8,15H2,1-4H3. The van der Waals surface area contributed by atoms with E-state index in [-0.39, 0.29) is 6.04 Å². The molecule has 1 aromatic heterocycles. The Bertz CT molecular complexity index is 384. The number of rotatable bonds is 3. The summed E-state index contributed by atoms with van der Waals surface area (Å²) in [5, 5.41) is 4.28. The minimum atomic E-state index is 0.135. The molecule has 0 aliphatic carbocycles. The predicted molar refractivity (Wildman–Crippen MR) is 74.2 cm³/mol. The van der Waals surface area contributed by atoms with E-state index in [1.165, 1.54) is 18.4 Å². The Morgan fingerprint density at radius 1 is 1.33 bits per heavy atom. The van der Waals surface area contributed by atoms with Gasteiger partial charge in [-0.3, -0.25) is 9.58 Å². The molecule has 1 aliphatic rings. The average Bonchev–Trinajstić information content (AvgIpc) is 2.67. The zero-order valence-corrected chi connectivity index (χ0v) is 12.1. The zero-order valence-electron chi connectivity index (χ0n) is 12.1. The molecule has 2 N–H and O–H groups in total. The summed E-state index contributed by atoms with van der Waals surface area (Å²) in [6.45, 7) is 9.07. The second-order valence-corrected chi connectivity index (χ2v) is 6.45. The van der Waals surface area contributed by atoms with Crippen LogP contribution in [0.1, 0.15) is 45.2 Å². The van der Waals surface area contributed by atoms with Crippen LogP contribution in [-0.2, 0) is 7.05 Å². The van der Waals surface area contributed by atoms with E-state index in [2.05, 4.69) is 37.0 Å². The van der Waals surface area contributed by atoms with E-state index in [1.54, 1.807) is 0 Å². The first-order valence-electron chi connectivity index (χ1n) is 6.87. The lowest BCUT2D eigenvalue weighted by molar-refractivity contribution is 0.0841. The van der Waals surface area contributed by atoms with Gasteiger partial charge in [0, 0.05) is 24.8 Å². The maximum absolute atomic E-state index is 6.20. The number of piperidine rings is 1. The number of hydrogen-bond donors (Lipinski definition) is 1. The number of nitrogens with two attached hydrogens (primary N) is 1. The average molecular weight is 250 g/mol. The third-order valence-electron chi connectivity index (χ3n) is 4.11. The first-order chi connectivity index (χ1) is 8.39. The van der Waals surface area contributed by atoms with Crippen LogP contribution in [0.3, 0.4) is 0 Å². The Kier molecular flexibility index (Phi) is 3.78. The SMILES string of the molecule is CC(N)C(c1cnn(C)c1)N1CCC(C)(C)CC1. The fourth-order valence-corrected chi connectivity index (χ4v) is 2.85. The van der Waals surface area contributed by atoms with E-state index < -0.39 is 0 Å². The molecule has 102 valence electrons. The van der Waals surface area contributed by atoms with Crippen LogP contribution in [0.15, 0.2) is 12.4 Å². The molecule has 0 aromatic carbocycles. The highest BCUT2D eigenvalue weighted by Crippen LogP contribution is 2.34. The number of nitrogens with zero attached hydrogens (tertiary/aromatic N) is 3. The first kappa shape index (κ1) is 13.6. The van der Waals surface area contributed by atoms with Crippen molar-refractivity contribution < 1.29 is 0 Å². The van der Waals surface area contributed by atoms with Crippen molar-refractivity contribution >= 4 is 0 Å². The molecule has 2 rings (SSSR count). The Morgan fingerprint density at radius 2 is 1.94 bits per heavy atom. The fraction of sp³-hybridized carbons (Fsp3) is 0.786. The van der Waals surface area contributed by atoms with E-state index in [4.69, 9.17) is 5.73 Å². The molecule has 0 saturated carbocycles. The molecule has 1 saturated heterocycles. The molecule has 4 nitrogen and oxygen atoms in total. The van der Waals surface area contributed by atoms with Crippen LogP contribution in [-0.4, -0.2) is 33.8 Å². The summed E-state index contributed by atoms with van der Waals surface area (Å²) >= 11 is 0. The molecule has 1 aliphatic heterocycles. The van der Waals surface area contributed by atoms with Gasteiger partial charge in [-0.25, -0.2) is 0 Å². The molecule has 2 atom stereocenters. The number of aromatic nitrogens is 2. The lowest BCUT2D eigenvalue weighted by Gasteiger charge is -2.42. The molecule has 1 aromatic rings. The second kappa shape index (κ2) is 5.02. The first-order valence-corrected chi connectivity index (χ1v) is 6.87. The Balaban J connectivity index is 2.12. The minimum Gasteiger partial charge on any atom is -0.326 e. The largest absolute Gasteiger partial charge is 0.326 e. The number of hydrogen-bond acceptors (Lipinski definition) is 3. The zero-order chi connectivity index (χ0) is 13.3. The van der Waals surface area contributed by atoms with E-state index in [9.17, 15) is 0 Å². The highest BCUT2D eigenvalue weighted by atomic mass is 15.3. The lowest BCUT2D eigenvalue weighted by Crippen LogP contribution is -2.45. The normalized spacial score (nSPS) is 23.8. The van der Waals surface area contributed by atoms with Crippen molar-refractivity contribution in [1.82, 2.24) is 14.7 Å². The Hall–Kier alpha value is -0.870. The van der Waals surface area contributed by atoms with Gasteiger partial charge >= 0.3 is 0 Å². The molecule has 2 unspecified atom stereocenters. The lowest BCUT2D eigenvalue weighted by atomic mass is 9.81. The summed E-state index contributed by atoms with van der Waals surface area (Å²) in [4.78, 5) is 2.52. The molecule has 1 fully saturated rings. The summed E-state index contributed by atoms with van der Waals surface area (Å²) in [6, 6.07) is 0.435. The van der Waals surface area contributed by atoms with E-state index in [0.717, 1.165) is 13.1 Å². The summed E-state index contributed by atoms with van der Waals surface area (Å²) in [7, 11) is 1.96. The fourth-order valence-electron chi connectivity index (χ4n) is 2.85. The van der Waals surface area contributed by atoms with E-state index in [1.807, 2.05) is 17.9 Å². The summed E-state index contributed by atoms with van der Waals surface area (Å²) in [6.07, 6.45) is 6.54. The summed E-state index contributed by atoms with van der Waals surface area (Å²) in [5.41, 5.74) is 7.92. The molecule has 0 bridgehead atoms. The molecule has 0 amide bonds. The monoisotopic (exact) mass is 250 g/mol. The van der Waals surface area contributed by atoms with Gasteiger partial charge in [0.05, 0.1) is 12.2 Å². The highest BCUT2D eigenvalue weighted by Gasteiger charge is 2.32. The Labute approximate surface area is 110 Å². The van der Waals surface area contributed by atoms with Crippen molar-refractivity contribution in [2.24, 2.45) is 18.2 Å². The maximum atomic E-state index is 6.20. The van der Waals surface area contributed by atoms with Crippen molar-refractivity contribution in [1.29, 1.82) is 0 Å². The molecular formula is C14H26N4. The molecule has 0 spiro atoms. The van der Waals surface area contributed by atoms with Gasteiger partial charge in [-0.05, 0) is 38.3 Å². The van der Waals surface area contributed by atoms with Gasteiger partial charge in [0.25, 0.3) is 0 Å². The van der Waals surface area contributed by atoms with Crippen LogP contribution in [0.4, 0.5) is 0 Å². The van der Waals surface area contributed by atoms with Gasteiger partial charge in [0.2, 0.25) is 0 Å². The van der Waals surface area contributed by atoms with E-state index in [0.29, 0.717) is 11.5 Å². The van der Waals surface area contributed by atoms with E-state index >= 15 is 0 Å². The minimum absolute atomic E-state index is 0.135. The van der Waals surface area contributed by atoms with Crippen molar-refractivity contribution in [3.63, 3.8) is 0 Å². The molecule has 2 heterocycles. The van der Waals surface area contributed by atoms with Crippen molar-refractivity contribution in [2.75, 3.05) is 13.1 Å². The molecular weight excluding hydrogens is 224 g/mol. The van der Waals surface area contributed by atoms with Gasteiger partial charge in [-0.2, -0.15) is 5.10 Å². The maximum Gasteiger partial charge on any atom is 0.0538 e. The van der Waals surface area contributed by atoms with Gasteiger partial charge in [-0.1, -0.05) is 13.8 Å². The molecule has 18 heavy (non-hydrogen) atoms. The van der Waals surface area contributed by atoms with Crippen LogP contribution in [0.25, 0.3) is 0 Å². The van der Waals surface area contributed by atoms with Crippen LogP contribution in [0, 0.1) is 5.41 Å². The number of aryl methyl sites for hydroxylation is 1. The van der Waals surface area contributed by atoms with Gasteiger partial charge < -0.3 is 5.73 Å². The van der Waals surface area contributed by atoms with Gasteiger partial charge in [0.1, 0.15) is 0 Å².